The van der Waals surface area contributed by atoms with E-state index in [-0.39, 0.29) is 0 Å². The van der Waals surface area contributed by atoms with E-state index in [0.29, 0.717) is 0 Å². The molecule has 5 heteroatoms. The smallest absolute Gasteiger partial charge is 0.239 e. The van der Waals surface area contributed by atoms with Crippen LogP contribution in [0.3, 0.4) is 0 Å². The Morgan fingerprint density at radius 2 is 1.36 bits per heavy atom. The standard InChI is InChI=1S/C23H15N5/c1-3-9-16(10-4-1)20-21(17-11-5-2-6-12-17)27-22(26-20)18-13-7-8-14-19(18)28-23(27)24-15-25-28/h1-15H. The van der Waals surface area contributed by atoms with Gasteiger partial charge in [-0.25, -0.2) is 4.98 Å². The summed E-state index contributed by atoms with van der Waals surface area (Å²) in [4.78, 5) is 9.66. The van der Waals surface area contributed by atoms with Gasteiger partial charge < -0.3 is 0 Å². The second-order valence-electron chi connectivity index (χ2n) is 6.69. The fraction of sp³-hybridized carbons (Fsp3) is 0. The number of nitrogens with zero attached hydrogens (tertiary/aromatic N) is 5. The summed E-state index contributed by atoms with van der Waals surface area (Å²) in [6.45, 7) is 0. The first-order chi connectivity index (χ1) is 13.9. The van der Waals surface area contributed by atoms with Crippen LogP contribution in [0, 0.1) is 0 Å². The predicted octanol–water partition coefficient (Wildman–Crippen LogP) is 4.86. The van der Waals surface area contributed by atoms with E-state index >= 15 is 0 Å². The molecule has 0 radical (unpaired) electrons. The number of aromatic nitrogens is 5. The molecule has 0 spiro atoms. The molecule has 6 rings (SSSR count). The second-order valence-corrected chi connectivity index (χ2v) is 6.69. The molecular formula is C23H15N5. The molecule has 0 N–H and O–H groups in total. The van der Waals surface area contributed by atoms with E-state index in [0.717, 1.165) is 44.8 Å². The van der Waals surface area contributed by atoms with Crippen molar-refractivity contribution in [1.29, 1.82) is 0 Å². The molecule has 0 saturated carbocycles. The molecule has 0 aliphatic carbocycles. The lowest BCUT2D eigenvalue weighted by molar-refractivity contribution is 0.971. The summed E-state index contributed by atoms with van der Waals surface area (Å²) in [7, 11) is 0. The van der Waals surface area contributed by atoms with Crippen molar-refractivity contribution in [3.05, 3.63) is 91.3 Å². The van der Waals surface area contributed by atoms with Crippen molar-refractivity contribution >= 4 is 22.3 Å². The third-order valence-corrected chi connectivity index (χ3v) is 5.07. The van der Waals surface area contributed by atoms with Gasteiger partial charge in [0, 0.05) is 16.5 Å². The highest BCUT2D eigenvalue weighted by Gasteiger charge is 2.21. The Bertz CT molecular complexity index is 1450. The number of hydrogen-bond acceptors (Lipinski definition) is 3. The molecule has 0 saturated heterocycles. The van der Waals surface area contributed by atoms with Crippen LogP contribution in [0.2, 0.25) is 0 Å². The highest BCUT2D eigenvalue weighted by atomic mass is 15.3. The van der Waals surface area contributed by atoms with E-state index in [1.807, 2.05) is 53.0 Å². The van der Waals surface area contributed by atoms with Gasteiger partial charge in [0.2, 0.25) is 5.78 Å². The molecule has 0 atom stereocenters. The molecule has 28 heavy (non-hydrogen) atoms. The first kappa shape index (κ1) is 15.1. The molecule has 0 aliphatic rings. The van der Waals surface area contributed by atoms with E-state index in [1.165, 1.54) is 0 Å². The summed E-state index contributed by atoms with van der Waals surface area (Å²) in [6.07, 6.45) is 1.60. The lowest BCUT2D eigenvalue weighted by Crippen LogP contribution is -2.00. The van der Waals surface area contributed by atoms with E-state index in [2.05, 4.69) is 50.9 Å². The topological polar surface area (TPSA) is 47.5 Å². The zero-order chi connectivity index (χ0) is 18.5. The molecule has 0 amide bonds. The highest BCUT2D eigenvalue weighted by Crippen LogP contribution is 2.35. The Morgan fingerprint density at radius 1 is 0.679 bits per heavy atom. The van der Waals surface area contributed by atoms with Crippen LogP contribution >= 0.6 is 0 Å². The van der Waals surface area contributed by atoms with Crippen LogP contribution < -0.4 is 0 Å². The molecule has 5 nitrogen and oxygen atoms in total. The minimum Gasteiger partial charge on any atom is -0.259 e. The van der Waals surface area contributed by atoms with Crippen LogP contribution in [0.5, 0.6) is 0 Å². The van der Waals surface area contributed by atoms with Gasteiger partial charge in [0.15, 0.2) is 0 Å². The number of fused-ring (bicyclic) bond motifs is 6. The number of para-hydroxylation sites is 1. The maximum atomic E-state index is 5.10. The first-order valence-electron chi connectivity index (χ1n) is 9.15. The van der Waals surface area contributed by atoms with E-state index in [1.54, 1.807) is 6.33 Å². The summed E-state index contributed by atoms with van der Waals surface area (Å²) < 4.78 is 4.00. The zero-order valence-electron chi connectivity index (χ0n) is 14.9. The third kappa shape index (κ3) is 2.04. The average molecular weight is 361 g/mol. The van der Waals surface area contributed by atoms with Gasteiger partial charge in [-0.3, -0.25) is 4.40 Å². The van der Waals surface area contributed by atoms with Crippen molar-refractivity contribution in [2.75, 3.05) is 0 Å². The predicted molar refractivity (Wildman–Crippen MR) is 110 cm³/mol. The van der Waals surface area contributed by atoms with Crippen molar-refractivity contribution in [3.8, 4) is 22.5 Å². The fourth-order valence-electron chi connectivity index (χ4n) is 3.86. The SMILES string of the molecule is c1ccc(-c2nc3c4ccccc4n4ncnc4n3c2-c2ccccc2)cc1. The number of imidazole rings is 1. The van der Waals surface area contributed by atoms with Crippen molar-refractivity contribution in [2.24, 2.45) is 0 Å². The summed E-state index contributed by atoms with van der Waals surface area (Å²) in [5.41, 5.74) is 6.00. The molecule has 3 aromatic carbocycles. The third-order valence-electron chi connectivity index (χ3n) is 5.07. The van der Waals surface area contributed by atoms with E-state index < -0.39 is 0 Å². The van der Waals surface area contributed by atoms with E-state index in [9.17, 15) is 0 Å². The van der Waals surface area contributed by atoms with Crippen molar-refractivity contribution in [2.45, 2.75) is 0 Å². The molecule has 3 aromatic heterocycles. The van der Waals surface area contributed by atoms with Crippen LogP contribution in [0.25, 0.3) is 44.8 Å². The van der Waals surface area contributed by atoms with Crippen molar-refractivity contribution in [1.82, 2.24) is 24.0 Å². The minimum absolute atomic E-state index is 0.752. The van der Waals surface area contributed by atoms with Gasteiger partial charge in [-0.1, -0.05) is 72.8 Å². The summed E-state index contributed by atoms with van der Waals surface area (Å²) >= 11 is 0. The summed E-state index contributed by atoms with van der Waals surface area (Å²) in [5.74, 6) is 0.752. The first-order valence-corrected chi connectivity index (χ1v) is 9.15. The lowest BCUT2D eigenvalue weighted by Gasteiger charge is -2.08. The van der Waals surface area contributed by atoms with Gasteiger partial charge in [0.25, 0.3) is 0 Å². The van der Waals surface area contributed by atoms with Crippen molar-refractivity contribution < 1.29 is 0 Å². The Morgan fingerprint density at radius 3 is 2.14 bits per heavy atom. The quantitative estimate of drug-likeness (QED) is 0.442. The Labute approximate surface area is 160 Å². The molecule has 6 aromatic rings. The molecule has 0 aliphatic heterocycles. The summed E-state index contributed by atoms with van der Waals surface area (Å²) in [5, 5.41) is 5.51. The fourth-order valence-corrected chi connectivity index (χ4v) is 3.86. The number of hydrogen-bond donors (Lipinski definition) is 0. The normalized spacial score (nSPS) is 11.6. The lowest BCUT2D eigenvalue weighted by atomic mass is 10.1. The second kappa shape index (κ2) is 5.76. The number of rotatable bonds is 2. The number of benzene rings is 3. The van der Waals surface area contributed by atoms with Crippen LogP contribution in [0.4, 0.5) is 0 Å². The maximum Gasteiger partial charge on any atom is 0.239 e. The monoisotopic (exact) mass is 361 g/mol. The Balaban J connectivity index is 1.88. The van der Waals surface area contributed by atoms with Gasteiger partial charge in [0.05, 0.1) is 16.9 Å². The van der Waals surface area contributed by atoms with Crippen molar-refractivity contribution in [3.63, 3.8) is 0 Å². The maximum absolute atomic E-state index is 5.10. The minimum atomic E-state index is 0.752. The summed E-state index contributed by atoms with van der Waals surface area (Å²) in [6, 6.07) is 28.8. The van der Waals surface area contributed by atoms with Crippen LogP contribution in [0.15, 0.2) is 91.3 Å². The molecule has 132 valence electrons. The van der Waals surface area contributed by atoms with Gasteiger partial charge in [-0.15, -0.1) is 0 Å². The van der Waals surface area contributed by atoms with Gasteiger partial charge in [-0.05, 0) is 12.1 Å². The van der Waals surface area contributed by atoms with Gasteiger partial charge in [-0.2, -0.15) is 14.6 Å². The zero-order valence-corrected chi connectivity index (χ0v) is 14.9. The van der Waals surface area contributed by atoms with Crippen LogP contribution in [-0.2, 0) is 0 Å². The van der Waals surface area contributed by atoms with Gasteiger partial charge in [0.1, 0.15) is 12.0 Å². The van der Waals surface area contributed by atoms with E-state index in [4.69, 9.17) is 4.98 Å². The Kier molecular flexibility index (Phi) is 3.10. The van der Waals surface area contributed by atoms with Gasteiger partial charge >= 0.3 is 0 Å². The largest absolute Gasteiger partial charge is 0.259 e. The molecule has 0 unspecified atom stereocenters. The molecule has 3 heterocycles. The van der Waals surface area contributed by atoms with Crippen LogP contribution in [0.1, 0.15) is 0 Å². The average Bonchev–Trinajstić information content (AvgIpc) is 3.40. The Hall–Kier alpha value is -3.99. The highest BCUT2D eigenvalue weighted by molar-refractivity contribution is 5.97. The van der Waals surface area contributed by atoms with Crippen LogP contribution in [-0.4, -0.2) is 24.0 Å². The molecule has 0 fully saturated rings. The molecule has 0 bridgehead atoms. The molecular weight excluding hydrogens is 346 g/mol.